The van der Waals surface area contributed by atoms with E-state index in [2.05, 4.69) is 5.43 Å². The smallest absolute Gasteiger partial charge is 0.416 e. The van der Waals surface area contributed by atoms with Gasteiger partial charge in [-0.2, -0.15) is 13.2 Å². The fourth-order valence-electron chi connectivity index (χ4n) is 2.37. The summed E-state index contributed by atoms with van der Waals surface area (Å²) >= 11 is 0. The number of hydrogen-bond donors (Lipinski definition) is 4. The Morgan fingerprint density at radius 3 is 2.19 bits per heavy atom. The van der Waals surface area contributed by atoms with Gasteiger partial charge >= 0.3 is 12.1 Å². The second kappa shape index (κ2) is 7.85. The topological polar surface area (TPSA) is 105 Å². The number of phenolic OH excluding ortho intramolecular Hbond substituents is 2. The molecule has 2 aromatic rings. The average molecular weight is 384 g/mol. The summed E-state index contributed by atoms with van der Waals surface area (Å²) in [6, 6.07) is 8.32. The van der Waals surface area contributed by atoms with E-state index in [1.54, 1.807) is 0 Å². The Hall–Kier alpha value is -2.78. The third-order valence-corrected chi connectivity index (χ3v) is 4.02. The van der Waals surface area contributed by atoms with E-state index in [-0.39, 0.29) is 24.5 Å². The Morgan fingerprint density at radius 1 is 1.07 bits per heavy atom. The van der Waals surface area contributed by atoms with Crippen LogP contribution < -0.4 is 11.3 Å². The van der Waals surface area contributed by atoms with Crippen LogP contribution in [0.4, 0.5) is 13.2 Å². The van der Waals surface area contributed by atoms with Crippen LogP contribution in [0.5, 0.6) is 11.5 Å². The van der Waals surface area contributed by atoms with Gasteiger partial charge in [-0.15, -0.1) is 0 Å². The van der Waals surface area contributed by atoms with Crippen LogP contribution in [-0.2, 0) is 28.7 Å². The van der Waals surface area contributed by atoms with Crippen LogP contribution in [0.15, 0.2) is 42.5 Å². The average Bonchev–Trinajstić information content (AvgIpc) is 2.62. The van der Waals surface area contributed by atoms with E-state index in [4.69, 9.17) is 10.6 Å². The molecule has 0 aliphatic carbocycles. The predicted molar refractivity (Wildman–Crippen MR) is 90.4 cm³/mol. The first-order valence-electron chi connectivity index (χ1n) is 7.87. The maximum Gasteiger partial charge on any atom is 0.416 e. The third kappa shape index (κ3) is 5.11. The Balaban J connectivity index is 2.04. The molecular weight excluding hydrogens is 365 g/mol. The van der Waals surface area contributed by atoms with Gasteiger partial charge in [0.25, 0.3) is 0 Å². The highest BCUT2D eigenvalue weighted by Crippen LogP contribution is 2.29. The van der Waals surface area contributed by atoms with Gasteiger partial charge in [-0.1, -0.05) is 18.2 Å². The number of hydrogen-bond acceptors (Lipinski definition) is 6. The Bertz CT molecular complexity index is 809. The minimum absolute atomic E-state index is 0.0448. The molecule has 0 aromatic heterocycles. The summed E-state index contributed by atoms with van der Waals surface area (Å²) in [5.41, 5.74) is 1.11. The molecule has 0 aliphatic heterocycles. The quantitative estimate of drug-likeness (QED) is 0.264. The van der Waals surface area contributed by atoms with Crippen molar-refractivity contribution in [2.75, 3.05) is 0 Å². The molecule has 9 heteroatoms. The molecule has 0 aliphatic rings. The van der Waals surface area contributed by atoms with Gasteiger partial charge in [0.15, 0.2) is 11.5 Å². The molecule has 2 aromatic carbocycles. The van der Waals surface area contributed by atoms with Crippen LogP contribution in [0.3, 0.4) is 0 Å². The lowest BCUT2D eigenvalue weighted by Crippen LogP contribution is -2.55. The van der Waals surface area contributed by atoms with Crippen molar-refractivity contribution in [2.24, 2.45) is 5.84 Å². The first-order chi connectivity index (χ1) is 12.5. The Kier molecular flexibility index (Phi) is 5.97. The maximum absolute atomic E-state index is 12.6. The highest BCUT2D eigenvalue weighted by molar-refractivity contribution is 5.80. The molecule has 5 N–H and O–H groups in total. The largest absolute Gasteiger partial charge is 0.504 e. The fraction of sp³-hybridized carbons (Fsp3) is 0.278. The summed E-state index contributed by atoms with van der Waals surface area (Å²) in [6.07, 6.45) is -4.39. The number of rotatable bonds is 6. The lowest BCUT2D eigenvalue weighted by atomic mass is 9.93. The lowest BCUT2D eigenvalue weighted by molar-refractivity contribution is -0.152. The van der Waals surface area contributed by atoms with E-state index in [0.717, 1.165) is 12.1 Å². The minimum atomic E-state index is -4.44. The van der Waals surface area contributed by atoms with Gasteiger partial charge in [0, 0.05) is 6.42 Å². The van der Waals surface area contributed by atoms with Crippen molar-refractivity contribution in [3.63, 3.8) is 0 Å². The fourth-order valence-corrected chi connectivity index (χ4v) is 2.37. The van der Waals surface area contributed by atoms with Crippen molar-refractivity contribution in [1.29, 1.82) is 0 Å². The maximum atomic E-state index is 12.6. The number of carbonyl (C=O) groups excluding carboxylic acids is 1. The highest BCUT2D eigenvalue weighted by Gasteiger charge is 2.34. The van der Waals surface area contributed by atoms with Gasteiger partial charge in [-0.05, 0) is 42.3 Å². The molecule has 2 rings (SSSR count). The number of carbonyl (C=O) groups is 1. The number of phenols is 2. The van der Waals surface area contributed by atoms with Crippen LogP contribution in [0, 0.1) is 0 Å². The summed E-state index contributed by atoms with van der Waals surface area (Å²) in [4.78, 5) is 12.4. The first kappa shape index (κ1) is 20.5. The van der Waals surface area contributed by atoms with Gasteiger partial charge in [0.1, 0.15) is 12.1 Å². The number of esters is 1. The van der Waals surface area contributed by atoms with Crippen molar-refractivity contribution in [3.05, 3.63) is 59.2 Å². The van der Waals surface area contributed by atoms with Gasteiger partial charge in [-0.3, -0.25) is 5.84 Å². The van der Waals surface area contributed by atoms with Gasteiger partial charge in [0.05, 0.1) is 5.56 Å². The molecular formula is C18H19F3N2O4. The Morgan fingerprint density at radius 2 is 1.67 bits per heavy atom. The van der Waals surface area contributed by atoms with Crippen LogP contribution in [0.25, 0.3) is 0 Å². The number of benzene rings is 2. The summed E-state index contributed by atoms with van der Waals surface area (Å²) in [7, 11) is 0. The molecule has 1 atom stereocenters. The molecule has 0 saturated heterocycles. The van der Waals surface area contributed by atoms with Crippen molar-refractivity contribution in [3.8, 4) is 11.5 Å². The van der Waals surface area contributed by atoms with Crippen LogP contribution >= 0.6 is 0 Å². The highest BCUT2D eigenvalue weighted by atomic mass is 19.4. The van der Waals surface area contributed by atoms with E-state index in [9.17, 15) is 28.2 Å². The summed E-state index contributed by atoms with van der Waals surface area (Å²) in [6.45, 7) is 1.25. The second-order valence-corrected chi connectivity index (χ2v) is 6.25. The number of alkyl halides is 3. The number of nitrogens with two attached hydrogens (primary N) is 1. The third-order valence-electron chi connectivity index (χ3n) is 4.02. The second-order valence-electron chi connectivity index (χ2n) is 6.25. The molecule has 0 radical (unpaired) electrons. The summed E-state index contributed by atoms with van der Waals surface area (Å²) in [5.74, 6) is 4.11. The molecule has 0 fully saturated rings. The van der Waals surface area contributed by atoms with E-state index in [0.29, 0.717) is 11.1 Å². The first-order valence-corrected chi connectivity index (χ1v) is 7.87. The van der Waals surface area contributed by atoms with Gasteiger partial charge in [0.2, 0.25) is 0 Å². The monoisotopic (exact) mass is 384 g/mol. The van der Waals surface area contributed by atoms with Crippen LogP contribution in [-0.4, -0.2) is 21.7 Å². The molecule has 0 heterocycles. The van der Waals surface area contributed by atoms with E-state index >= 15 is 0 Å². The molecule has 0 spiro atoms. The predicted octanol–water partition coefficient (Wildman–Crippen LogP) is 2.62. The SMILES string of the molecule is CC(Cc1ccc(O)c(O)c1)(NN)C(=O)OCc1ccc(C(F)(F)F)cc1. The zero-order chi connectivity index (χ0) is 20.2. The molecule has 0 amide bonds. The van der Waals surface area contributed by atoms with Crippen molar-refractivity contribution in [2.45, 2.75) is 31.7 Å². The molecule has 0 bridgehead atoms. The molecule has 1 unspecified atom stereocenters. The molecule has 6 nitrogen and oxygen atoms in total. The van der Waals surface area contributed by atoms with Crippen LogP contribution in [0.2, 0.25) is 0 Å². The van der Waals surface area contributed by atoms with Crippen molar-refractivity contribution < 1.29 is 32.9 Å². The lowest BCUT2D eigenvalue weighted by Gasteiger charge is -2.26. The zero-order valence-corrected chi connectivity index (χ0v) is 14.4. The molecule has 27 heavy (non-hydrogen) atoms. The zero-order valence-electron chi connectivity index (χ0n) is 14.4. The van der Waals surface area contributed by atoms with Crippen LogP contribution in [0.1, 0.15) is 23.6 Å². The normalized spacial score (nSPS) is 13.8. The number of ether oxygens (including phenoxy) is 1. The standard InChI is InChI=1S/C18H19F3N2O4/c1-17(23-22,9-12-4-7-14(24)15(25)8-12)16(26)27-10-11-2-5-13(6-3-11)18(19,20)21/h2-8,23-25H,9-10,22H2,1H3. The summed E-state index contributed by atoms with van der Waals surface area (Å²) < 4.78 is 42.8. The summed E-state index contributed by atoms with van der Waals surface area (Å²) in [5, 5.41) is 18.9. The minimum Gasteiger partial charge on any atom is -0.504 e. The van der Waals surface area contributed by atoms with Gasteiger partial charge in [-0.25, -0.2) is 10.2 Å². The number of nitrogens with one attached hydrogen (secondary N) is 1. The van der Waals surface area contributed by atoms with E-state index in [1.165, 1.54) is 37.3 Å². The number of hydrazine groups is 1. The number of aromatic hydroxyl groups is 2. The molecule has 0 saturated carbocycles. The van der Waals surface area contributed by atoms with Crippen molar-refractivity contribution in [1.82, 2.24) is 5.43 Å². The van der Waals surface area contributed by atoms with E-state index in [1.807, 2.05) is 0 Å². The van der Waals surface area contributed by atoms with Crippen molar-refractivity contribution >= 4 is 5.97 Å². The number of halogens is 3. The molecule has 146 valence electrons. The van der Waals surface area contributed by atoms with Gasteiger partial charge < -0.3 is 14.9 Å². The van der Waals surface area contributed by atoms with E-state index < -0.39 is 23.2 Å². The Labute approximate surface area is 153 Å².